The van der Waals surface area contributed by atoms with Gasteiger partial charge in [0, 0.05) is 6.42 Å². The molecule has 0 rings (SSSR count). The summed E-state index contributed by atoms with van der Waals surface area (Å²) >= 11 is 0. The molecular formula is C75H150N2O6P+. The van der Waals surface area contributed by atoms with Crippen molar-refractivity contribution < 1.29 is 32.9 Å². The van der Waals surface area contributed by atoms with Gasteiger partial charge in [-0.15, -0.1) is 0 Å². The number of quaternary nitrogens is 1. The summed E-state index contributed by atoms with van der Waals surface area (Å²) in [6, 6.07) is -0.759. The first-order valence-electron chi connectivity index (χ1n) is 37.7. The van der Waals surface area contributed by atoms with Gasteiger partial charge in [-0.3, -0.25) is 13.8 Å². The van der Waals surface area contributed by atoms with Gasteiger partial charge < -0.3 is 19.8 Å². The minimum Gasteiger partial charge on any atom is -0.391 e. The van der Waals surface area contributed by atoms with Crippen molar-refractivity contribution in [2.24, 2.45) is 0 Å². The van der Waals surface area contributed by atoms with E-state index in [1.54, 1.807) is 0 Å². The molecule has 1 amide bonds. The molecule has 0 aliphatic heterocycles. The van der Waals surface area contributed by atoms with Crippen molar-refractivity contribution in [3.63, 3.8) is 0 Å². The fourth-order valence-corrected chi connectivity index (χ4v) is 12.6. The van der Waals surface area contributed by atoms with Crippen LogP contribution in [0, 0.1) is 0 Å². The molecule has 0 saturated heterocycles. The van der Waals surface area contributed by atoms with Crippen molar-refractivity contribution in [2.45, 2.75) is 411 Å². The Labute approximate surface area is 525 Å². The summed E-state index contributed by atoms with van der Waals surface area (Å²) in [6.45, 7) is 4.95. The van der Waals surface area contributed by atoms with E-state index in [0.29, 0.717) is 23.9 Å². The summed E-state index contributed by atoms with van der Waals surface area (Å²) in [5.41, 5.74) is 0. The molecule has 9 heteroatoms. The normalized spacial score (nSPS) is 13.7. The van der Waals surface area contributed by atoms with Crippen LogP contribution in [0.4, 0.5) is 0 Å². The molecule has 500 valence electrons. The quantitative estimate of drug-likeness (QED) is 0.0243. The summed E-state index contributed by atoms with van der Waals surface area (Å²) in [4.78, 5) is 23.5. The van der Waals surface area contributed by atoms with Crippen molar-refractivity contribution in [3.8, 4) is 0 Å². The van der Waals surface area contributed by atoms with E-state index in [-0.39, 0.29) is 19.1 Å². The fourth-order valence-electron chi connectivity index (χ4n) is 11.8. The van der Waals surface area contributed by atoms with E-state index in [0.717, 1.165) is 44.9 Å². The van der Waals surface area contributed by atoms with Gasteiger partial charge in [0.2, 0.25) is 5.91 Å². The van der Waals surface area contributed by atoms with Gasteiger partial charge in [0.1, 0.15) is 13.2 Å². The molecule has 0 aromatic heterocycles. The monoisotopic (exact) mass is 1210 g/mol. The lowest BCUT2D eigenvalue weighted by molar-refractivity contribution is -0.870. The molecule has 0 spiro atoms. The number of rotatable bonds is 71. The van der Waals surface area contributed by atoms with E-state index in [9.17, 15) is 19.4 Å². The Morgan fingerprint density at radius 2 is 0.679 bits per heavy atom. The second-order valence-electron chi connectivity index (χ2n) is 27.4. The second-order valence-corrected chi connectivity index (χ2v) is 28.8. The number of nitrogens with zero attached hydrogens (tertiary/aromatic N) is 1. The van der Waals surface area contributed by atoms with Crippen LogP contribution in [0.25, 0.3) is 0 Å². The highest BCUT2D eigenvalue weighted by Gasteiger charge is 2.28. The van der Waals surface area contributed by atoms with E-state index in [4.69, 9.17) is 9.05 Å². The first kappa shape index (κ1) is 83.0. The second kappa shape index (κ2) is 66.4. The largest absolute Gasteiger partial charge is 0.472 e. The van der Waals surface area contributed by atoms with Gasteiger partial charge >= 0.3 is 7.82 Å². The summed E-state index contributed by atoms with van der Waals surface area (Å²) < 4.78 is 23.9. The molecule has 3 atom stereocenters. The summed E-state index contributed by atoms with van der Waals surface area (Å²) in [5, 5.41) is 14.2. The van der Waals surface area contributed by atoms with Crippen LogP contribution in [0.2, 0.25) is 0 Å². The lowest BCUT2D eigenvalue weighted by Gasteiger charge is -2.26. The Bertz CT molecular complexity index is 1420. The summed E-state index contributed by atoms with van der Waals surface area (Å²) in [6.07, 6.45) is 87.4. The molecule has 3 N–H and O–H groups in total. The van der Waals surface area contributed by atoms with Gasteiger partial charge in [-0.1, -0.05) is 372 Å². The van der Waals surface area contributed by atoms with Gasteiger partial charge in [-0.2, -0.15) is 0 Å². The Hall–Kier alpha value is -1.02. The Balaban J connectivity index is 3.89. The third-order valence-electron chi connectivity index (χ3n) is 17.7. The van der Waals surface area contributed by atoms with E-state index in [2.05, 4.69) is 43.5 Å². The highest BCUT2D eigenvalue weighted by atomic mass is 31.2. The van der Waals surface area contributed by atoms with Crippen molar-refractivity contribution >= 4 is 13.7 Å². The van der Waals surface area contributed by atoms with Gasteiger partial charge in [0.25, 0.3) is 0 Å². The molecule has 0 aromatic carbocycles. The predicted octanol–water partition coefficient (Wildman–Crippen LogP) is 24.2. The molecule has 84 heavy (non-hydrogen) atoms. The van der Waals surface area contributed by atoms with E-state index < -0.39 is 20.0 Å². The number of hydrogen-bond acceptors (Lipinski definition) is 5. The van der Waals surface area contributed by atoms with Crippen LogP contribution in [-0.2, 0) is 18.4 Å². The van der Waals surface area contributed by atoms with Gasteiger partial charge in [-0.25, -0.2) is 4.57 Å². The number of unbranched alkanes of at least 4 members (excludes halogenated alkanes) is 54. The van der Waals surface area contributed by atoms with E-state index in [1.807, 2.05) is 21.1 Å². The van der Waals surface area contributed by atoms with Gasteiger partial charge in [0.15, 0.2) is 0 Å². The number of carbonyl (C=O) groups excluding carboxylic acids is 1. The van der Waals surface area contributed by atoms with E-state index >= 15 is 0 Å². The average molecular weight is 1210 g/mol. The highest BCUT2D eigenvalue weighted by molar-refractivity contribution is 7.47. The molecule has 0 saturated carbocycles. The van der Waals surface area contributed by atoms with Crippen LogP contribution in [0.5, 0.6) is 0 Å². The lowest BCUT2D eigenvalue weighted by Crippen LogP contribution is -2.46. The number of phosphoric acid groups is 1. The number of hydrogen-bond donors (Lipinski definition) is 3. The third-order valence-corrected chi connectivity index (χ3v) is 18.7. The standard InChI is InChI=1S/C75H149N2O6P/c1-6-8-10-12-14-16-18-20-22-24-26-28-30-31-32-33-34-35-36-37-38-39-40-41-42-43-44-45-47-49-51-53-55-57-59-61-63-65-67-69-75(79)76-73(72-83-84(80,81)82-71-70-77(3,4)5)74(78)68-66-64-62-60-58-56-54-52-50-48-46-29-27-25-23-21-19-17-15-13-11-9-7-2/h18,20,24,26,73-74,78H,6-17,19,21-23,25,27-72H2,1-5H3,(H-,76,79,80,81)/p+1/b20-18-,26-24-. The molecule has 8 nitrogen and oxygen atoms in total. The molecule has 0 radical (unpaired) electrons. The Kier molecular flexibility index (Phi) is 65.6. The predicted molar refractivity (Wildman–Crippen MR) is 369 cm³/mol. The molecule has 0 fully saturated rings. The van der Waals surface area contributed by atoms with Crippen molar-refractivity contribution in [3.05, 3.63) is 24.3 Å². The van der Waals surface area contributed by atoms with Crippen molar-refractivity contribution in [2.75, 3.05) is 40.9 Å². The number of nitrogens with one attached hydrogen (secondary N) is 1. The average Bonchev–Trinajstić information content (AvgIpc) is 3.56. The zero-order valence-electron chi connectivity index (χ0n) is 57.4. The number of phosphoric ester groups is 1. The molecule has 0 heterocycles. The topological polar surface area (TPSA) is 105 Å². The molecular weight excluding hydrogens is 1060 g/mol. The minimum absolute atomic E-state index is 0.0783. The van der Waals surface area contributed by atoms with Crippen LogP contribution in [0.3, 0.4) is 0 Å². The lowest BCUT2D eigenvalue weighted by atomic mass is 10.0. The minimum atomic E-state index is -4.33. The highest BCUT2D eigenvalue weighted by Crippen LogP contribution is 2.43. The number of aliphatic hydroxyl groups is 1. The van der Waals surface area contributed by atoms with Crippen LogP contribution >= 0.6 is 7.82 Å². The fraction of sp³-hybridized carbons (Fsp3) is 0.933. The third kappa shape index (κ3) is 68.5. The molecule has 0 bridgehead atoms. The maximum atomic E-state index is 13.1. The molecule has 0 aliphatic rings. The number of likely N-dealkylation sites (N-methyl/N-ethyl adjacent to an activating group) is 1. The van der Waals surface area contributed by atoms with Crippen LogP contribution in [0.1, 0.15) is 399 Å². The van der Waals surface area contributed by atoms with Crippen LogP contribution < -0.4 is 5.32 Å². The maximum Gasteiger partial charge on any atom is 0.472 e. The summed E-state index contributed by atoms with van der Waals surface area (Å²) in [5.74, 6) is -0.134. The van der Waals surface area contributed by atoms with Crippen LogP contribution in [-0.4, -0.2) is 73.4 Å². The van der Waals surface area contributed by atoms with Gasteiger partial charge in [0.05, 0.1) is 39.9 Å². The zero-order valence-corrected chi connectivity index (χ0v) is 58.3. The number of allylic oxidation sites excluding steroid dienone is 4. The molecule has 0 aliphatic carbocycles. The summed E-state index contributed by atoms with van der Waals surface area (Å²) in [7, 11) is 1.64. The molecule has 0 aromatic rings. The number of amides is 1. The van der Waals surface area contributed by atoms with Crippen LogP contribution in [0.15, 0.2) is 24.3 Å². The van der Waals surface area contributed by atoms with Crippen molar-refractivity contribution in [1.29, 1.82) is 0 Å². The first-order valence-corrected chi connectivity index (χ1v) is 39.2. The smallest absolute Gasteiger partial charge is 0.391 e. The van der Waals surface area contributed by atoms with Gasteiger partial charge in [-0.05, 0) is 44.9 Å². The van der Waals surface area contributed by atoms with E-state index in [1.165, 1.54) is 327 Å². The zero-order chi connectivity index (χ0) is 61.2. The number of aliphatic hydroxyl groups excluding tert-OH is 1. The van der Waals surface area contributed by atoms with Crippen molar-refractivity contribution in [1.82, 2.24) is 5.32 Å². The Morgan fingerprint density at radius 3 is 0.976 bits per heavy atom. The SMILES string of the molecule is CCCCCCC/C=C\C/C=C\CCCCCCCCCCCCCCCCCCCCCCCCCCCCCC(=O)NC(COP(=O)(O)OCC[N+](C)(C)C)C(O)CCCCCCCCCCCCCCCCCCCCCCCCC. The molecule has 3 unspecified atom stereocenters. The first-order chi connectivity index (χ1) is 41.0. The Morgan fingerprint density at radius 1 is 0.405 bits per heavy atom. The maximum absolute atomic E-state index is 13.1. The number of carbonyl (C=O) groups is 1.